The van der Waals surface area contributed by atoms with E-state index in [9.17, 15) is 28.8 Å². The monoisotopic (exact) mass is 770 g/mol. The molecule has 3 aromatic carbocycles. The summed E-state index contributed by atoms with van der Waals surface area (Å²) < 4.78 is 0. The second-order valence-electron chi connectivity index (χ2n) is 14.6. The van der Waals surface area contributed by atoms with Crippen molar-refractivity contribution in [3.8, 4) is 0 Å². The third-order valence-corrected chi connectivity index (χ3v) is 10.6. The van der Waals surface area contributed by atoms with Gasteiger partial charge >= 0.3 is 0 Å². The van der Waals surface area contributed by atoms with E-state index in [4.69, 9.17) is 11.6 Å². The predicted molar refractivity (Wildman–Crippen MR) is 211 cm³/mol. The lowest BCUT2D eigenvalue weighted by atomic mass is 9.78. The molecule has 0 bridgehead atoms. The first-order valence-corrected chi connectivity index (χ1v) is 19.5. The zero-order valence-electron chi connectivity index (χ0n) is 31.1. The predicted octanol–water partition coefficient (Wildman–Crippen LogP) is 4.15. The molecule has 0 radical (unpaired) electrons. The van der Waals surface area contributed by atoms with Crippen molar-refractivity contribution < 1.29 is 28.8 Å². The maximum atomic E-state index is 13.6. The first kappa shape index (κ1) is 40.9. The van der Waals surface area contributed by atoms with Gasteiger partial charge in [0.2, 0.25) is 35.4 Å². The van der Waals surface area contributed by atoms with Crippen LogP contribution in [0.1, 0.15) is 74.5 Å². The number of carbonyl (C=O) groups is 6. The highest BCUT2D eigenvalue weighted by molar-refractivity contribution is 6.31. The van der Waals surface area contributed by atoms with E-state index in [2.05, 4.69) is 31.9 Å². The molecule has 5 rings (SSSR count). The van der Waals surface area contributed by atoms with Crippen molar-refractivity contribution in [1.29, 1.82) is 0 Å². The zero-order chi connectivity index (χ0) is 39.0. The molecule has 2 atom stereocenters. The van der Waals surface area contributed by atoms with Crippen LogP contribution in [0.3, 0.4) is 0 Å². The largest absolute Gasteiger partial charge is 0.356 e. The van der Waals surface area contributed by atoms with Crippen LogP contribution in [-0.2, 0) is 48.0 Å². The van der Waals surface area contributed by atoms with E-state index in [0.717, 1.165) is 50.5 Å². The fourth-order valence-electron chi connectivity index (χ4n) is 7.28. The Labute approximate surface area is 327 Å². The van der Waals surface area contributed by atoms with Gasteiger partial charge in [-0.2, -0.15) is 0 Å². The van der Waals surface area contributed by atoms with Gasteiger partial charge in [0, 0.05) is 49.5 Å². The van der Waals surface area contributed by atoms with Crippen LogP contribution in [-0.4, -0.2) is 67.2 Å². The number of nitrogens with one attached hydrogen (secondary N) is 6. The van der Waals surface area contributed by atoms with Gasteiger partial charge in [0.25, 0.3) is 0 Å². The van der Waals surface area contributed by atoms with Crippen molar-refractivity contribution >= 4 is 52.7 Å². The van der Waals surface area contributed by atoms with Crippen molar-refractivity contribution in [3.05, 3.63) is 101 Å². The van der Waals surface area contributed by atoms with E-state index in [0.29, 0.717) is 34.9 Å². The van der Waals surface area contributed by atoms with Gasteiger partial charge in [0.1, 0.15) is 12.1 Å². The van der Waals surface area contributed by atoms with Gasteiger partial charge in [-0.3, -0.25) is 28.8 Å². The Kier molecular flexibility index (Phi) is 15.2. The smallest absolute Gasteiger partial charge is 0.247 e. The summed E-state index contributed by atoms with van der Waals surface area (Å²) in [6.45, 7) is 0.771. The fourth-order valence-corrected chi connectivity index (χ4v) is 7.50. The lowest BCUT2D eigenvalue weighted by Gasteiger charge is -2.29. The first-order valence-electron chi connectivity index (χ1n) is 19.1. The Balaban J connectivity index is 1.27. The molecule has 3 aromatic rings. The number of anilines is 1. The number of benzene rings is 3. The highest BCUT2D eigenvalue weighted by Gasteiger charge is 2.38. The van der Waals surface area contributed by atoms with Gasteiger partial charge in [-0.1, -0.05) is 85.1 Å². The molecule has 292 valence electrons. The molecule has 1 aliphatic heterocycles. The summed E-state index contributed by atoms with van der Waals surface area (Å²) in [4.78, 5) is 79.0. The summed E-state index contributed by atoms with van der Waals surface area (Å²) in [5, 5.41) is 17.6. The topological polar surface area (TPSA) is 175 Å². The van der Waals surface area contributed by atoms with Crippen LogP contribution < -0.4 is 31.9 Å². The number of amides is 6. The van der Waals surface area contributed by atoms with E-state index in [1.807, 2.05) is 42.5 Å². The Bertz CT molecular complexity index is 1800. The highest BCUT2D eigenvalue weighted by Crippen LogP contribution is 2.44. The third-order valence-electron chi connectivity index (χ3n) is 10.2. The molecular formula is C42H51ClN6O6. The van der Waals surface area contributed by atoms with Gasteiger partial charge in [-0.05, 0) is 72.4 Å². The lowest BCUT2D eigenvalue weighted by Crippen LogP contribution is -2.51. The molecule has 0 unspecified atom stereocenters. The van der Waals surface area contributed by atoms with E-state index in [-0.39, 0.29) is 62.3 Å². The highest BCUT2D eigenvalue weighted by atomic mass is 35.5. The van der Waals surface area contributed by atoms with Gasteiger partial charge in [0.15, 0.2) is 0 Å². The number of hydrogen-bond acceptors (Lipinski definition) is 6. The average molecular weight is 771 g/mol. The number of carbonyl (C=O) groups excluding carboxylic acids is 6. The first-order chi connectivity index (χ1) is 26.6. The number of hydrogen-bond donors (Lipinski definition) is 6. The van der Waals surface area contributed by atoms with E-state index in [1.165, 1.54) is 0 Å². The molecule has 1 spiro atoms. The van der Waals surface area contributed by atoms with E-state index >= 15 is 0 Å². The van der Waals surface area contributed by atoms with Crippen molar-refractivity contribution in [2.45, 2.75) is 89.1 Å². The summed E-state index contributed by atoms with van der Waals surface area (Å²) >= 11 is 6.42. The quantitative estimate of drug-likeness (QED) is 0.191. The Morgan fingerprint density at radius 1 is 0.727 bits per heavy atom. The molecule has 1 saturated carbocycles. The summed E-state index contributed by atoms with van der Waals surface area (Å²) in [5.74, 6) is -1.99. The normalized spacial score (nSPS) is 19.1. The molecule has 1 heterocycles. The van der Waals surface area contributed by atoms with Gasteiger partial charge < -0.3 is 31.9 Å². The van der Waals surface area contributed by atoms with Gasteiger partial charge in [0.05, 0.1) is 13.0 Å². The third kappa shape index (κ3) is 13.2. The summed E-state index contributed by atoms with van der Waals surface area (Å²) in [5.41, 5.74) is 2.22. The maximum absolute atomic E-state index is 13.6. The number of halogens is 1. The van der Waals surface area contributed by atoms with Crippen LogP contribution in [0, 0.1) is 5.41 Å². The molecule has 2 aliphatic rings. The SMILES string of the molecule is O=C1CNC(=O)[C@@H](Cc2ccc(NC(=O)[C@H](Cc3ccccc3Cl)NC(=O)Cc3ccccc3)cc2)NC(=O)CC2(CCCC2)CC(=O)NCCCCCN1. The fraction of sp³-hybridized carbons (Fsp3) is 0.429. The van der Waals surface area contributed by atoms with E-state index < -0.39 is 29.3 Å². The Hall–Kier alpha value is -5.23. The summed E-state index contributed by atoms with van der Waals surface area (Å²) in [7, 11) is 0. The molecule has 1 aliphatic carbocycles. The average Bonchev–Trinajstić information content (AvgIpc) is 3.61. The minimum absolute atomic E-state index is 0.0738. The second-order valence-corrected chi connectivity index (χ2v) is 15.0. The summed E-state index contributed by atoms with van der Waals surface area (Å²) in [6, 6.07) is 21.3. The molecule has 6 N–H and O–H groups in total. The number of rotatable bonds is 9. The molecule has 55 heavy (non-hydrogen) atoms. The van der Waals surface area contributed by atoms with Crippen molar-refractivity contribution in [2.24, 2.45) is 5.41 Å². The molecular weight excluding hydrogens is 720 g/mol. The van der Waals surface area contributed by atoms with Gasteiger partial charge in [-0.15, -0.1) is 0 Å². The lowest BCUT2D eigenvalue weighted by molar-refractivity contribution is -0.132. The van der Waals surface area contributed by atoms with Gasteiger partial charge in [-0.25, -0.2) is 0 Å². The van der Waals surface area contributed by atoms with Crippen LogP contribution in [0.25, 0.3) is 0 Å². The molecule has 1 saturated heterocycles. The van der Waals surface area contributed by atoms with Crippen LogP contribution in [0.4, 0.5) is 5.69 Å². The molecule has 6 amide bonds. The van der Waals surface area contributed by atoms with Crippen LogP contribution in [0.5, 0.6) is 0 Å². The van der Waals surface area contributed by atoms with Crippen LogP contribution in [0.15, 0.2) is 78.9 Å². The molecule has 12 nitrogen and oxygen atoms in total. The van der Waals surface area contributed by atoms with Crippen molar-refractivity contribution in [2.75, 3.05) is 25.0 Å². The van der Waals surface area contributed by atoms with Crippen LogP contribution >= 0.6 is 11.6 Å². The minimum Gasteiger partial charge on any atom is -0.356 e. The second kappa shape index (κ2) is 20.5. The standard InChI is InChI=1S/C42H51ClN6O6/c43-33-14-6-5-13-31(33)25-35(48-36(50)24-29-11-3-1-4-12-29)41(55)47-32-17-15-30(16-18-32)23-34-40(54)46-28-39(53)45-22-10-2-9-21-44-37(51)26-42(19-7-8-20-42)27-38(52)49-34/h1,3-6,11-18,34-35H,2,7-10,19-28H2,(H,44,51)(H,45,53)(H,46,54)(H,47,55)(H,48,50)(H,49,52)/t34-,35+/m1/s1. The maximum Gasteiger partial charge on any atom is 0.247 e. The van der Waals surface area contributed by atoms with Crippen molar-refractivity contribution in [3.63, 3.8) is 0 Å². The Morgan fingerprint density at radius 2 is 1.38 bits per heavy atom. The van der Waals surface area contributed by atoms with E-state index in [1.54, 1.807) is 36.4 Å². The molecule has 13 heteroatoms. The van der Waals surface area contributed by atoms with Crippen LogP contribution in [0.2, 0.25) is 5.02 Å². The Morgan fingerprint density at radius 3 is 2.09 bits per heavy atom. The molecule has 0 aromatic heterocycles. The zero-order valence-corrected chi connectivity index (χ0v) is 31.9. The molecule has 2 fully saturated rings. The minimum atomic E-state index is -0.994. The van der Waals surface area contributed by atoms with Crippen molar-refractivity contribution in [1.82, 2.24) is 26.6 Å². The summed E-state index contributed by atoms with van der Waals surface area (Å²) in [6.07, 6.45) is 6.53.